The number of nitro groups is 1. The van der Waals surface area contributed by atoms with Gasteiger partial charge < -0.3 is 15.7 Å². The van der Waals surface area contributed by atoms with Gasteiger partial charge in [0.05, 0.1) is 0 Å². The summed E-state index contributed by atoms with van der Waals surface area (Å²) in [6.45, 7) is 0. The fourth-order valence-corrected chi connectivity index (χ4v) is 3.96. The van der Waals surface area contributed by atoms with Gasteiger partial charge in [-0.3, -0.25) is 14.9 Å². The van der Waals surface area contributed by atoms with Crippen LogP contribution in [0.4, 0.5) is 0 Å². The summed E-state index contributed by atoms with van der Waals surface area (Å²) in [5.41, 5.74) is 3.74. The Morgan fingerprint density at radius 3 is 2.87 bits per heavy atom. The van der Waals surface area contributed by atoms with Gasteiger partial charge in [0.15, 0.2) is 0 Å². The fourth-order valence-electron chi connectivity index (χ4n) is 3.96. The number of allylic oxidation sites excluding steroid dienone is 1. The van der Waals surface area contributed by atoms with E-state index in [0.29, 0.717) is 12.8 Å². The van der Waals surface area contributed by atoms with Gasteiger partial charge in [-0.15, -0.1) is 0 Å². The van der Waals surface area contributed by atoms with Crippen molar-refractivity contribution < 1.29 is 14.8 Å². The maximum absolute atomic E-state index is 10.9. The summed E-state index contributed by atoms with van der Waals surface area (Å²) in [5.74, 6) is 0. The molecule has 0 spiro atoms. The normalized spacial score (nSPS) is 34.0. The molecular formula is C16H23N3O4. The van der Waals surface area contributed by atoms with Crippen LogP contribution in [0.5, 0.6) is 0 Å². The van der Waals surface area contributed by atoms with Crippen molar-refractivity contribution in [1.29, 1.82) is 0 Å². The highest BCUT2D eigenvalue weighted by Crippen LogP contribution is 2.34. The zero-order chi connectivity index (χ0) is 16.4. The Hall–Kier alpha value is -1.89. The molecule has 4 unspecified atom stereocenters. The topological polar surface area (TPSA) is 104 Å². The summed E-state index contributed by atoms with van der Waals surface area (Å²) in [6.07, 6.45) is 7.17. The Kier molecular flexibility index (Phi) is 4.66. The molecule has 0 aromatic rings. The molecule has 0 aromatic carbocycles. The number of carbonyl (C=O) groups is 1. The lowest BCUT2D eigenvalue weighted by Crippen LogP contribution is -2.43. The molecule has 23 heavy (non-hydrogen) atoms. The first-order valence-corrected chi connectivity index (χ1v) is 8.26. The number of amides is 1. The van der Waals surface area contributed by atoms with E-state index >= 15 is 0 Å². The van der Waals surface area contributed by atoms with Crippen LogP contribution in [0, 0.1) is 10.1 Å². The van der Waals surface area contributed by atoms with Gasteiger partial charge in [0.25, 0.3) is 0 Å². The SMILES string of the molecule is O=CNC1CCC2=C(CCC(C3=CCC([N+](=O)[O-])C(O)C3)N2)C1. The predicted molar refractivity (Wildman–Crippen MR) is 84.1 cm³/mol. The third-order valence-electron chi connectivity index (χ3n) is 5.28. The zero-order valence-electron chi connectivity index (χ0n) is 13.0. The number of hydrogen-bond donors (Lipinski definition) is 3. The van der Waals surface area contributed by atoms with E-state index < -0.39 is 12.1 Å². The van der Waals surface area contributed by atoms with Crippen molar-refractivity contribution in [3.05, 3.63) is 33.0 Å². The average Bonchev–Trinajstić information content (AvgIpc) is 2.54. The van der Waals surface area contributed by atoms with E-state index in [1.165, 1.54) is 11.3 Å². The molecule has 3 N–H and O–H groups in total. The Bertz CT molecular complexity index is 558. The fraction of sp³-hybridized carbons (Fsp3) is 0.688. The Labute approximate surface area is 135 Å². The summed E-state index contributed by atoms with van der Waals surface area (Å²) in [6, 6.07) is -0.463. The number of rotatable bonds is 4. The number of carbonyl (C=O) groups excluding carboxylic acids is 1. The minimum absolute atomic E-state index is 0.173. The summed E-state index contributed by atoms with van der Waals surface area (Å²) < 4.78 is 0. The maximum atomic E-state index is 10.9. The number of nitrogens with one attached hydrogen (secondary N) is 2. The highest BCUT2D eigenvalue weighted by molar-refractivity contribution is 5.47. The standard InChI is InChI=1S/C16H23N3O4/c20-9-17-12-3-5-14-10(7-12)1-4-13(18-14)11-2-6-15(19(22)23)16(21)8-11/h2,9,12-13,15-16,18,21H,1,3-8H2,(H,17,20). The molecule has 2 aliphatic carbocycles. The van der Waals surface area contributed by atoms with Crippen molar-refractivity contribution in [2.45, 2.75) is 69.2 Å². The molecule has 7 nitrogen and oxygen atoms in total. The van der Waals surface area contributed by atoms with Gasteiger partial charge in [-0.05, 0) is 43.3 Å². The van der Waals surface area contributed by atoms with Crippen molar-refractivity contribution in [2.75, 3.05) is 0 Å². The third-order valence-corrected chi connectivity index (χ3v) is 5.28. The van der Waals surface area contributed by atoms with E-state index in [2.05, 4.69) is 10.6 Å². The summed E-state index contributed by atoms with van der Waals surface area (Å²) >= 11 is 0. The number of hydrogen-bond acceptors (Lipinski definition) is 5. The molecule has 0 bridgehead atoms. The molecule has 3 aliphatic rings. The number of aliphatic hydroxyl groups excluding tert-OH is 1. The Morgan fingerprint density at radius 2 is 2.17 bits per heavy atom. The second-order valence-corrected chi connectivity index (χ2v) is 6.68. The number of aliphatic hydroxyl groups is 1. The first kappa shape index (κ1) is 16.0. The van der Waals surface area contributed by atoms with Gasteiger partial charge in [-0.25, -0.2) is 0 Å². The van der Waals surface area contributed by atoms with Crippen LogP contribution in [0.3, 0.4) is 0 Å². The Morgan fingerprint density at radius 1 is 1.35 bits per heavy atom. The smallest absolute Gasteiger partial charge is 0.242 e. The molecule has 0 saturated carbocycles. The monoisotopic (exact) mass is 321 g/mol. The molecule has 3 rings (SSSR count). The van der Waals surface area contributed by atoms with Crippen molar-refractivity contribution in [3.8, 4) is 0 Å². The van der Waals surface area contributed by atoms with Gasteiger partial charge in [0.2, 0.25) is 12.5 Å². The summed E-state index contributed by atoms with van der Waals surface area (Å²) in [4.78, 5) is 21.1. The van der Waals surface area contributed by atoms with Crippen LogP contribution >= 0.6 is 0 Å². The molecule has 1 aliphatic heterocycles. The molecule has 0 saturated heterocycles. The largest absolute Gasteiger partial charge is 0.386 e. The quantitative estimate of drug-likeness (QED) is 0.310. The summed E-state index contributed by atoms with van der Waals surface area (Å²) in [7, 11) is 0. The first-order valence-electron chi connectivity index (χ1n) is 8.26. The summed E-state index contributed by atoms with van der Waals surface area (Å²) in [5, 5.41) is 27.3. The van der Waals surface area contributed by atoms with Crippen LogP contribution in [-0.4, -0.2) is 40.7 Å². The van der Waals surface area contributed by atoms with E-state index in [1.54, 1.807) is 0 Å². The highest BCUT2D eigenvalue weighted by atomic mass is 16.6. The lowest BCUT2D eigenvalue weighted by atomic mass is 9.81. The third kappa shape index (κ3) is 3.39. The van der Waals surface area contributed by atoms with Crippen LogP contribution in [-0.2, 0) is 4.79 Å². The minimum Gasteiger partial charge on any atom is -0.386 e. The second kappa shape index (κ2) is 6.70. The van der Waals surface area contributed by atoms with Crippen LogP contribution in [0.25, 0.3) is 0 Å². The van der Waals surface area contributed by atoms with Crippen LogP contribution in [0.2, 0.25) is 0 Å². The molecule has 7 heteroatoms. The second-order valence-electron chi connectivity index (χ2n) is 6.68. The maximum Gasteiger partial charge on any atom is 0.242 e. The number of nitrogens with zero attached hydrogens (tertiary/aromatic N) is 1. The molecule has 0 aromatic heterocycles. The van der Waals surface area contributed by atoms with Crippen molar-refractivity contribution in [3.63, 3.8) is 0 Å². The van der Waals surface area contributed by atoms with Gasteiger partial charge in [0.1, 0.15) is 6.10 Å². The van der Waals surface area contributed by atoms with E-state index in [4.69, 9.17) is 0 Å². The lowest BCUT2D eigenvalue weighted by Gasteiger charge is -2.37. The molecular weight excluding hydrogens is 298 g/mol. The van der Waals surface area contributed by atoms with Gasteiger partial charge >= 0.3 is 0 Å². The van der Waals surface area contributed by atoms with Crippen molar-refractivity contribution in [2.24, 2.45) is 0 Å². The molecule has 0 fully saturated rings. The van der Waals surface area contributed by atoms with Crippen LogP contribution in [0.15, 0.2) is 22.9 Å². The van der Waals surface area contributed by atoms with E-state index in [-0.39, 0.29) is 17.0 Å². The molecule has 0 radical (unpaired) electrons. The predicted octanol–water partition coefficient (Wildman–Crippen LogP) is 1.02. The van der Waals surface area contributed by atoms with Gasteiger partial charge in [-0.2, -0.15) is 0 Å². The first-order chi connectivity index (χ1) is 11.1. The minimum atomic E-state index is -0.894. The van der Waals surface area contributed by atoms with Crippen molar-refractivity contribution in [1.82, 2.24) is 10.6 Å². The van der Waals surface area contributed by atoms with Crippen LogP contribution in [0.1, 0.15) is 44.9 Å². The van der Waals surface area contributed by atoms with E-state index in [9.17, 15) is 20.0 Å². The van der Waals surface area contributed by atoms with E-state index in [0.717, 1.165) is 44.1 Å². The van der Waals surface area contributed by atoms with Gasteiger partial charge in [-0.1, -0.05) is 6.08 Å². The van der Waals surface area contributed by atoms with Crippen molar-refractivity contribution >= 4 is 6.41 Å². The Balaban J connectivity index is 1.64. The highest BCUT2D eigenvalue weighted by Gasteiger charge is 2.36. The average molecular weight is 321 g/mol. The molecule has 1 amide bonds. The molecule has 4 atom stereocenters. The lowest BCUT2D eigenvalue weighted by molar-refractivity contribution is -0.534. The van der Waals surface area contributed by atoms with Crippen LogP contribution < -0.4 is 10.6 Å². The van der Waals surface area contributed by atoms with Gasteiger partial charge in [0, 0.05) is 35.5 Å². The molecule has 1 heterocycles. The molecule has 126 valence electrons. The zero-order valence-corrected chi connectivity index (χ0v) is 13.0. The van der Waals surface area contributed by atoms with E-state index in [1.807, 2.05) is 6.08 Å².